The van der Waals surface area contributed by atoms with Crippen LogP contribution in [0, 0.1) is 0 Å². The summed E-state index contributed by atoms with van der Waals surface area (Å²) in [6, 6.07) is 8.92. The van der Waals surface area contributed by atoms with Crippen molar-refractivity contribution in [3.63, 3.8) is 0 Å². The topological polar surface area (TPSA) is 97.6 Å². The number of hydrogen-bond donors (Lipinski definition) is 1. The maximum Gasteiger partial charge on any atom is 0.240 e. The van der Waals surface area contributed by atoms with Crippen LogP contribution in [-0.4, -0.2) is 35.5 Å². The molecule has 0 unspecified atom stereocenters. The lowest BCUT2D eigenvalue weighted by Gasteiger charge is -2.00. The molecule has 2 aromatic heterocycles. The average molecular weight is 266 g/mol. The fourth-order valence-electron chi connectivity index (χ4n) is 1.61. The van der Waals surface area contributed by atoms with Crippen LogP contribution in [0.25, 0.3) is 23.0 Å². The Morgan fingerprint density at radius 1 is 0.750 bits per heavy atom. The van der Waals surface area contributed by atoms with E-state index in [1.54, 1.807) is 30.6 Å². The van der Waals surface area contributed by atoms with Gasteiger partial charge in [-0.2, -0.15) is 0 Å². The molecule has 0 amide bonds. The van der Waals surface area contributed by atoms with E-state index >= 15 is 0 Å². The van der Waals surface area contributed by atoms with Crippen LogP contribution in [-0.2, 0) is 6.61 Å². The second-order valence-corrected chi connectivity index (χ2v) is 3.97. The third-order valence-corrected chi connectivity index (χ3v) is 2.64. The van der Waals surface area contributed by atoms with Gasteiger partial charge in [0, 0.05) is 18.0 Å². The normalized spacial score (nSPS) is 10.4. The standard InChI is InChI=1S/C13H10N6O/c20-8-9-2-4-10(5-3-9)11-16-18-13(19-17-11)12-14-6-1-7-15-12/h1-7,20H,8H2. The highest BCUT2D eigenvalue weighted by Crippen LogP contribution is 2.15. The molecule has 3 aromatic rings. The zero-order chi connectivity index (χ0) is 13.8. The fraction of sp³-hybridized carbons (Fsp3) is 0.0769. The Kier molecular flexibility index (Phi) is 3.34. The zero-order valence-corrected chi connectivity index (χ0v) is 10.4. The van der Waals surface area contributed by atoms with E-state index < -0.39 is 0 Å². The van der Waals surface area contributed by atoms with Gasteiger partial charge in [0.2, 0.25) is 17.5 Å². The first kappa shape index (κ1) is 12.2. The molecule has 98 valence electrons. The van der Waals surface area contributed by atoms with Crippen molar-refractivity contribution in [2.75, 3.05) is 0 Å². The van der Waals surface area contributed by atoms with Gasteiger partial charge in [0.05, 0.1) is 6.61 Å². The summed E-state index contributed by atoms with van der Waals surface area (Å²) in [4.78, 5) is 8.06. The van der Waals surface area contributed by atoms with Gasteiger partial charge in [0.25, 0.3) is 0 Å². The number of aliphatic hydroxyl groups excluding tert-OH is 1. The van der Waals surface area contributed by atoms with E-state index in [0.717, 1.165) is 11.1 Å². The molecular weight excluding hydrogens is 256 g/mol. The molecular formula is C13H10N6O. The number of rotatable bonds is 3. The molecule has 3 rings (SSSR count). The lowest BCUT2D eigenvalue weighted by atomic mass is 10.1. The second kappa shape index (κ2) is 5.45. The predicted molar refractivity (Wildman–Crippen MR) is 70.0 cm³/mol. The maximum absolute atomic E-state index is 8.99. The quantitative estimate of drug-likeness (QED) is 0.751. The lowest BCUT2D eigenvalue weighted by molar-refractivity contribution is 0.282. The van der Waals surface area contributed by atoms with Crippen molar-refractivity contribution in [1.82, 2.24) is 30.4 Å². The van der Waals surface area contributed by atoms with Crippen LogP contribution in [0.1, 0.15) is 5.56 Å². The van der Waals surface area contributed by atoms with Crippen molar-refractivity contribution in [2.24, 2.45) is 0 Å². The molecule has 1 N–H and O–H groups in total. The first-order chi connectivity index (χ1) is 9.86. The second-order valence-electron chi connectivity index (χ2n) is 3.97. The van der Waals surface area contributed by atoms with Gasteiger partial charge in [-0.25, -0.2) is 9.97 Å². The lowest BCUT2D eigenvalue weighted by Crippen LogP contribution is -2.01. The summed E-state index contributed by atoms with van der Waals surface area (Å²) in [5.41, 5.74) is 1.60. The van der Waals surface area contributed by atoms with Gasteiger partial charge in [-0.3, -0.25) is 0 Å². The zero-order valence-electron chi connectivity index (χ0n) is 10.4. The average Bonchev–Trinajstić information content (AvgIpc) is 2.56. The molecule has 2 heterocycles. The van der Waals surface area contributed by atoms with E-state index in [0.29, 0.717) is 11.6 Å². The Balaban J connectivity index is 1.89. The van der Waals surface area contributed by atoms with Crippen molar-refractivity contribution in [1.29, 1.82) is 0 Å². The minimum absolute atomic E-state index is 0.00191. The number of aromatic nitrogens is 6. The van der Waals surface area contributed by atoms with Gasteiger partial charge in [0.15, 0.2) is 0 Å². The molecule has 0 saturated carbocycles. The van der Waals surface area contributed by atoms with Crippen LogP contribution < -0.4 is 0 Å². The van der Waals surface area contributed by atoms with Crippen LogP contribution in [0.15, 0.2) is 42.7 Å². The minimum Gasteiger partial charge on any atom is -0.392 e. The smallest absolute Gasteiger partial charge is 0.240 e. The molecule has 0 saturated heterocycles. The van der Waals surface area contributed by atoms with E-state index in [4.69, 9.17) is 5.11 Å². The highest BCUT2D eigenvalue weighted by atomic mass is 16.3. The first-order valence-electron chi connectivity index (χ1n) is 5.92. The molecule has 0 aliphatic carbocycles. The van der Waals surface area contributed by atoms with Gasteiger partial charge in [-0.15, -0.1) is 20.4 Å². The number of aliphatic hydroxyl groups is 1. The Labute approximate surface area is 114 Å². The van der Waals surface area contributed by atoms with E-state index in [1.807, 2.05) is 12.1 Å². The van der Waals surface area contributed by atoms with Crippen LogP contribution >= 0.6 is 0 Å². The third kappa shape index (κ3) is 2.47. The van der Waals surface area contributed by atoms with Gasteiger partial charge in [0.1, 0.15) is 0 Å². The third-order valence-electron chi connectivity index (χ3n) is 2.64. The molecule has 20 heavy (non-hydrogen) atoms. The molecule has 0 fully saturated rings. The highest BCUT2D eigenvalue weighted by molar-refractivity contribution is 5.54. The maximum atomic E-state index is 8.99. The highest BCUT2D eigenvalue weighted by Gasteiger charge is 2.07. The summed E-state index contributed by atoms with van der Waals surface area (Å²) in [6.07, 6.45) is 3.21. The van der Waals surface area contributed by atoms with Crippen molar-refractivity contribution in [2.45, 2.75) is 6.61 Å². The summed E-state index contributed by atoms with van der Waals surface area (Å²) in [7, 11) is 0. The Bertz CT molecular complexity index is 684. The van der Waals surface area contributed by atoms with Crippen molar-refractivity contribution < 1.29 is 5.11 Å². The molecule has 0 aliphatic heterocycles. The van der Waals surface area contributed by atoms with Gasteiger partial charge < -0.3 is 5.11 Å². The molecule has 0 bridgehead atoms. The fourth-order valence-corrected chi connectivity index (χ4v) is 1.61. The summed E-state index contributed by atoms with van der Waals surface area (Å²) < 4.78 is 0. The van der Waals surface area contributed by atoms with E-state index in [2.05, 4.69) is 30.4 Å². The first-order valence-corrected chi connectivity index (χ1v) is 5.92. The largest absolute Gasteiger partial charge is 0.392 e. The van der Waals surface area contributed by atoms with Crippen molar-refractivity contribution in [3.8, 4) is 23.0 Å². The number of hydrogen-bond acceptors (Lipinski definition) is 7. The number of benzene rings is 1. The molecule has 0 radical (unpaired) electrons. The Hall–Kier alpha value is -2.80. The Morgan fingerprint density at radius 2 is 1.35 bits per heavy atom. The SMILES string of the molecule is OCc1ccc(-c2nnc(-c3ncccn3)nn2)cc1. The van der Waals surface area contributed by atoms with Gasteiger partial charge in [-0.05, 0) is 11.6 Å². The summed E-state index contributed by atoms with van der Waals surface area (Å²) >= 11 is 0. The van der Waals surface area contributed by atoms with E-state index in [1.165, 1.54) is 0 Å². The summed E-state index contributed by atoms with van der Waals surface area (Å²) in [6.45, 7) is 0.00191. The van der Waals surface area contributed by atoms with Crippen LogP contribution in [0.5, 0.6) is 0 Å². The molecule has 7 heteroatoms. The van der Waals surface area contributed by atoms with E-state index in [-0.39, 0.29) is 12.4 Å². The minimum atomic E-state index is 0.00191. The number of nitrogens with zero attached hydrogens (tertiary/aromatic N) is 6. The van der Waals surface area contributed by atoms with Crippen LogP contribution in [0.2, 0.25) is 0 Å². The molecule has 0 atom stereocenters. The molecule has 0 aliphatic rings. The predicted octanol–water partition coefficient (Wildman–Crippen LogP) is 0.883. The Morgan fingerprint density at radius 3 is 1.95 bits per heavy atom. The van der Waals surface area contributed by atoms with Crippen LogP contribution in [0.4, 0.5) is 0 Å². The summed E-state index contributed by atoms with van der Waals surface area (Å²) in [5.74, 6) is 1.07. The monoisotopic (exact) mass is 266 g/mol. The summed E-state index contributed by atoms with van der Waals surface area (Å²) in [5, 5.41) is 25.0. The van der Waals surface area contributed by atoms with E-state index in [9.17, 15) is 0 Å². The molecule has 1 aromatic carbocycles. The van der Waals surface area contributed by atoms with Crippen molar-refractivity contribution >= 4 is 0 Å². The van der Waals surface area contributed by atoms with Gasteiger partial charge in [-0.1, -0.05) is 24.3 Å². The molecule has 0 spiro atoms. The van der Waals surface area contributed by atoms with Gasteiger partial charge >= 0.3 is 0 Å². The van der Waals surface area contributed by atoms with Crippen molar-refractivity contribution in [3.05, 3.63) is 48.3 Å². The van der Waals surface area contributed by atoms with Crippen LogP contribution in [0.3, 0.4) is 0 Å². The molecule has 7 nitrogen and oxygen atoms in total.